The number of likely N-dealkylation sites (tertiary alicyclic amines) is 1. The molecule has 0 spiro atoms. The van der Waals surface area contributed by atoms with Gasteiger partial charge < -0.3 is 10.2 Å². The first kappa shape index (κ1) is 17.8. The SMILES string of the molecule is C=C(NCC1CCN(C)CC1)c1ccc(CCc2ccccc2)cc1. The van der Waals surface area contributed by atoms with Crippen LogP contribution in [0.1, 0.15) is 29.5 Å². The fourth-order valence-electron chi connectivity index (χ4n) is 3.44. The van der Waals surface area contributed by atoms with Gasteiger partial charge in [0.1, 0.15) is 0 Å². The van der Waals surface area contributed by atoms with Crippen LogP contribution in [0.3, 0.4) is 0 Å². The number of aryl methyl sites for hydroxylation is 2. The topological polar surface area (TPSA) is 15.3 Å². The first-order chi connectivity index (χ1) is 12.2. The van der Waals surface area contributed by atoms with E-state index >= 15 is 0 Å². The van der Waals surface area contributed by atoms with Crippen LogP contribution in [0.4, 0.5) is 0 Å². The number of benzene rings is 2. The molecule has 0 radical (unpaired) electrons. The predicted molar refractivity (Wildman–Crippen MR) is 108 cm³/mol. The molecule has 2 heteroatoms. The molecule has 0 atom stereocenters. The summed E-state index contributed by atoms with van der Waals surface area (Å²) in [5, 5.41) is 3.55. The summed E-state index contributed by atoms with van der Waals surface area (Å²) >= 11 is 0. The lowest BCUT2D eigenvalue weighted by Crippen LogP contribution is -2.34. The number of hydrogen-bond acceptors (Lipinski definition) is 2. The summed E-state index contributed by atoms with van der Waals surface area (Å²) in [5.74, 6) is 0.776. The minimum atomic E-state index is 0.776. The third kappa shape index (κ3) is 5.47. The average Bonchev–Trinajstić information content (AvgIpc) is 2.67. The van der Waals surface area contributed by atoms with Gasteiger partial charge in [0.05, 0.1) is 0 Å². The largest absolute Gasteiger partial charge is 0.385 e. The molecule has 1 aliphatic heterocycles. The zero-order chi connectivity index (χ0) is 17.5. The Balaban J connectivity index is 1.45. The van der Waals surface area contributed by atoms with Crippen molar-refractivity contribution in [2.24, 2.45) is 5.92 Å². The van der Waals surface area contributed by atoms with Gasteiger partial charge in [-0.05, 0) is 68.4 Å². The van der Waals surface area contributed by atoms with Crippen LogP contribution in [0.15, 0.2) is 61.2 Å². The van der Waals surface area contributed by atoms with Gasteiger partial charge in [-0.25, -0.2) is 0 Å². The lowest BCUT2D eigenvalue weighted by Gasteiger charge is -2.29. The van der Waals surface area contributed by atoms with Crippen molar-refractivity contribution in [2.75, 3.05) is 26.7 Å². The van der Waals surface area contributed by atoms with E-state index in [0.29, 0.717) is 0 Å². The Morgan fingerprint density at radius 1 is 0.960 bits per heavy atom. The third-order valence-corrected chi connectivity index (χ3v) is 5.29. The minimum Gasteiger partial charge on any atom is -0.385 e. The lowest BCUT2D eigenvalue weighted by molar-refractivity contribution is 0.220. The van der Waals surface area contributed by atoms with Gasteiger partial charge >= 0.3 is 0 Å². The Morgan fingerprint density at radius 2 is 1.56 bits per heavy atom. The molecule has 1 heterocycles. The van der Waals surface area contributed by atoms with Gasteiger partial charge in [0.15, 0.2) is 0 Å². The molecule has 2 aromatic carbocycles. The van der Waals surface area contributed by atoms with Gasteiger partial charge in [-0.2, -0.15) is 0 Å². The maximum atomic E-state index is 4.23. The fraction of sp³-hybridized carbons (Fsp3) is 0.391. The van der Waals surface area contributed by atoms with Crippen LogP contribution in [0, 0.1) is 5.92 Å². The van der Waals surface area contributed by atoms with Crippen molar-refractivity contribution in [1.82, 2.24) is 10.2 Å². The van der Waals surface area contributed by atoms with Gasteiger partial charge in [-0.15, -0.1) is 0 Å². The number of piperidine rings is 1. The zero-order valence-electron chi connectivity index (χ0n) is 15.4. The van der Waals surface area contributed by atoms with E-state index in [9.17, 15) is 0 Å². The summed E-state index contributed by atoms with van der Waals surface area (Å²) in [7, 11) is 2.21. The maximum Gasteiger partial charge on any atom is 0.0340 e. The molecule has 0 aromatic heterocycles. The highest BCUT2D eigenvalue weighted by Gasteiger charge is 2.16. The van der Waals surface area contributed by atoms with Gasteiger partial charge in [0.2, 0.25) is 0 Å². The van der Waals surface area contributed by atoms with Gasteiger partial charge in [-0.1, -0.05) is 61.2 Å². The zero-order valence-corrected chi connectivity index (χ0v) is 15.4. The second kappa shape index (κ2) is 8.87. The molecule has 3 rings (SSSR count). The second-order valence-corrected chi connectivity index (χ2v) is 7.29. The van der Waals surface area contributed by atoms with Crippen LogP contribution < -0.4 is 5.32 Å². The van der Waals surface area contributed by atoms with Crippen molar-refractivity contribution in [3.05, 3.63) is 77.9 Å². The highest BCUT2D eigenvalue weighted by atomic mass is 15.1. The molecule has 25 heavy (non-hydrogen) atoms. The van der Waals surface area contributed by atoms with Crippen molar-refractivity contribution in [3.63, 3.8) is 0 Å². The van der Waals surface area contributed by atoms with Crippen LogP contribution in [0.5, 0.6) is 0 Å². The molecule has 0 saturated carbocycles. The molecule has 0 amide bonds. The molecule has 0 aliphatic carbocycles. The Kier molecular flexibility index (Phi) is 6.30. The van der Waals surface area contributed by atoms with Gasteiger partial charge in [0.25, 0.3) is 0 Å². The molecule has 1 aliphatic rings. The molecule has 0 unspecified atom stereocenters. The van der Waals surface area contributed by atoms with Crippen molar-refractivity contribution < 1.29 is 0 Å². The highest BCUT2D eigenvalue weighted by molar-refractivity contribution is 5.61. The highest BCUT2D eigenvalue weighted by Crippen LogP contribution is 2.17. The van der Waals surface area contributed by atoms with E-state index < -0.39 is 0 Å². The van der Waals surface area contributed by atoms with E-state index in [1.807, 2.05) is 0 Å². The van der Waals surface area contributed by atoms with E-state index in [1.165, 1.54) is 42.6 Å². The number of rotatable bonds is 7. The molecular weight excluding hydrogens is 304 g/mol. The van der Waals surface area contributed by atoms with Crippen molar-refractivity contribution >= 4 is 5.70 Å². The van der Waals surface area contributed by atoms with Gasteiger partial charge in [0, 0.05) is 12.2 Å². The molecule has 2 nitrogen and oxygen atoms in total. The first-order valence-corrected chi connectivity index (χ1v) is 9.45. The van der Waals surface area contributed by atoms with Gasteiger partial charge in [-0.3, -0.25) is 0 Å². The Hall–Kier alpha value is -2.06. The van der Waals surface area contributed by atoms with Crippen molar-refractivity contribution in [2.45, 2.75) is 25.7 Å². The fourth-order valence-corrected chi connectivity index (χ4v) is 3.44. The summed E-state index contributed by atoms with van der Waals surface area (Å²) in [6.07, 6.45) is 4.75. The smallest absolute Gasteiger partial charge is 0.0340 e. The molecular formula is C23H30N2. The molecule has 1 N–H and O–H groups in total. The van der Waals surface area contributed by atoms with Crippen molar-refractivity contribution in [1.29, 1.82) is 0 Å². The summed E-state index contributed by atoms with van der Waals surface area (Å²) in [5.41, 5.74) is 5.04. The van der Waals surface area contributed by atoms with E-state index in [4.69, 9.17) is 0 Å². The van der Waals surface area contributed by atoms with E-state index in [-0.39, 0.29) is 0 Å². The molecule has 1 saturated heterocycles. The monoisotopic (exact) mass is 334 g/mol. The average molecular weight is 335 g/mol. The number of hydrogen-bond donors (Lipinski definition) is 1. The third-order valence-electron chi connectivity index (χ3n) is 5.29. The Morgan fingerprint density at radius 3 is 2.20 bits per heavy atom. The van der Waals surface area contributed by atoms with Crippen LogP contribution in [-0.4, -0.2) is 31.6 Å². The molecule has 2 aromatic rings. The van der Waals surface area contributed by atoms with Crippen LogP contribution in [0.25, 0.3) is 5.70 Å². The van der Waals surface area contributed by atoms with E-state index in [1.54, 1.807) is 0 Å². The minimum absolute atomic E-state index is 0.776. The Bertz CT molecular complexity index is 652. The quantitative estimate of drug-likeness (QED) is 0.808. The second-order valence-electron chi connectivity index (χ2n) is 7.29. The van der Waals surface area contributed by atoms with Crippen LogP contribution in [-0.2, 0) is 12.8 Å². The first-order valence-electron chi connectivity index (χ1n) is 9.45. The van der Waals surface area contributed by atoms with Crippen LogP contribution in [0.2, 0.25) is 0 Å². The van der Waals surface area contributed by atoms with Crippen molar-refractivity contribution in [3.8, 4) is 0 Å². The lowest BCUT2D eigenvalue weighted by atomic mass is 9.97. The number of nitrogens with one attached hydrogen (secondary N) is 1. The summed E-state index contributed by atoms with van der Waals surface area (Å²) < 4.78 is 0. The van der Waals surface area contributed by atoms with E-state index in [2.05, 4.69) is 78.4 Å². The summed E-state index contributed by atoms with van der Waals surface area (Å²) in [6, 6.07) is 19.6. The molecule has 132 valence electrons. The predicted octanol–water partition coefficient (Wildman–Crippen LogP) is 4.37. The number of nitrogens with zero attached hydrogens (tertiary/aromatic N) is 1. The molecule has 1 fully saturated rings. The normalized spacial score (nSPS) is 15.9. The maximum absolute atomic E-state index is 4.23. The van der Waals surface area contributed by atoms with Crippen LogP contribution >= 0.6 is 0 Å². The Labute approximate surface area is 152 Å². The standard InChI is InChI=1S/C23H30N2/c1-19(24-18-22-14-16-25(2)17-15-22)23-12-10-21(11-13-23)9-8-20-6-4-3-5-7-20/h3-7,10-13,22,24H,1,8-9,14-18H2,2H3. The van der Waals surface area contributed by atoms with E-state index in [0.717, 1.165) is 31.0 Å². The molecule has 0 bridgehead atoms. The summed E-state index contributed by atoms with van der Waals surface area (Å²) in [6.45, 7) is 7.70. The summed E-state index contributed by atoms with van der Waals surface area (Å²) in [4.78, 5) is 2.42.